The Morgan fingerprint density at radius 3 is 2.71 bits per heavy atom. The van der Waals surface area contributed by atoms with Gasteiger partial charge in [0.1, 0.15) is 18.7 Å². The lowest BCUT2D eigenvalue weighted by molar-refractivity contribution is -0.145. The second-order valence-corrected chi connectivity index (χ2v) is 5.19. The van der Waals surface area contributed by atoms with Crippen molar-refractivity contribution >= 4 is 11.9 Å². The largest absolute Gasteiger partial charge is 0.467 e. The first-order valence-corrected chi connectivity index (χ1v) is 7.52. The van der Waals surface area contributed by atoms with E-state index in [0.29, 0.717) is 6.42 Å². The number of aromatic nitrogens is 3. The quantitative estimate of drug-likeness (QED) is 0.583. The van der Waals surface area contributed by atoms with Gasteiger partial charge in [0, 0.05) is 0 Å². The summed E-state index contributed by atoms with van der Waals surface area (Å²) in [6, 6.07) is 8.52. The van der Waals surface area contributed by atoms with Gasteiger partial charge in [-0.25, -0.2) is 9.78 Å². The standard InChI is InChI=1S/C17H20N4O3/c1-3-7-14(13-8-5-4-6-9-13)16(22)20-15(17(23)24-2)10-21-12-18-11-19-21/h3-6,8-9,11-12,14-15H,1,7,10H2,2H3,(H,20,22). The predicted molar refractivity (Wildman–Crippen MR) is 88.0 cm³/mol. The first-order valence-electron chi connectivity index (χ1n) is 7.52. The fraction of sp³-hybridized carbons (Fsp3) is 0.294. The summed E-state index contributed by atoms with van der Waals surface area (Å²) in [5.41, 5.74) is 0.860. The molecule has 0 spiro atoms. The number of methoxy groups -OCH3 is 1. The lowest BCUT2D eigenvalue weighted by atomic mass is 9.94. The molecule has 2 aromatic rings. The normalized spacial score (nSPS) is 12.9. The second-order valence-electron chi connectivity index (χ2n) is 5.19. The highest BCUT2D eigenvalue weighted by Crippen LogP contribution is 2.20. The molecule has 0 saturated heterocycles. The van der Waals surface area contributed by atoms with E-state index in [-0.39, 0.29) is 12.5 Å². The maximum atomic E-state index is 12.7. The Bertz CT molecular complexity index is 670. The van der Waals surface area contributed by atoms with Gasteiger partial charge in [-0.3, -0.25) is 9.48 Å². The average molecular weight is 328 g/mol. The molecule has 2 rings (SSSR count). The van der Waals surface area contributed by atoms with E-state index in [2.05, 4.69) is 22.0 Å². The molecule has 1 aromatic carbocycles. The molecule has 1 N–H and O–H groups in total. The van der Waals surface area contributed by atoms with Gasteiger partial charge in [-0.2, -0.15) is 5.10 Å². The van der Waals surface area contributed by atoms with Gasteiger partial charge in [0.25, 0.3) is 0 Å². The molecule has 1 amide bonds. The van der Waals surface area contributed by atoms with Crippen molar-refractivity contribution in [1.82, 2.24) is 20.1 Å². The second kappa shape index (κ2) is 8.61. The van der Waals surface area contributed by atoms with Crippen molar-refractivity contribution < 1.29 is 14.3 Å². The Morgan fingerprint density at radius 2 is 2.12 bits per heavy atom. The summed E-state index contributed by atoms with van der Waals surface area (Å²) in [7, 11) is 1.28. The number of carbonyl (C=O) groups excluding carboxylic acids is 2. The van der Waals surface area contributed by atoms with Crippen LogP contribution in [-0.4, -0.2) is 39.8 Å². The molecule has 2 unspecified atom stereocenters. The maximum absolute atomic E-state index is 12.7. The van der Waals surface area contributed by atoms with Crippen LogP contribution in [0.15, 0.2) is 55.6 Å². The van der Waals surface area contributed by atoms with Gasteiger partial charge in [0.15, 0.2) is 0 Å². The van der Waals surface area contributed by atoms with Gasteiger partial charge in [-0.15, -0.1) is 6.58 Å². The minimum absolute atomic E-state index is 0.147. The van der Waals surface area contributed by atoms with Crippen LogP contribution in [0, 0.1) is 0 Å². The number of carbonyl (C=O) groups is 2. The Labute approximate surface area is 140 Å². The molecule has 126 valence electrons. The van der Waals surface area contributed by atoms with Crippen molar-refractivity contribution in [2.75, 3.05) is 7.11 Å². The topological polar surface area (TPSA) is 86.1 Å². The Balaban J connectivity index is 2.14. The molecule has 24 heavy (non-hydrogen) atoms. The van der Waals surface area contributed by atoms with Crippen LogP contribution in [0.5, 0.6) is 0 Å². The number of ether oxygens (including phenoxy) is 1. The van der Waals surface area contributed by atoms with Crippen LogP contribution in [0.1, 0.15) is 17.9 Å². The van der Waals surface area contributed by atoms with Crippen molar-refractivity contribution in [3.63, 3.8) is 0 Å². The molecule has 1 aromatic heterocycles. The van der Waals surface area contributed by atoms with E-state index in [1.54, 1.807) is 6.08 Å². The number of hydrogen-bond donors (Lipinski definition) is 1. The summed E-state index contributed by atoms with van der Waals surface area (Å²) in [6.07, 6.45) is 4.98. The molecule has 0 saturated carbocycles. The van der Waals surface area contributed by atoms with E-state index in [1.165, 1.54) is 24.4 Å². The summed E-state index contributed by atoms with van der Waals surface area (Å²) in [4.78, 5) is 28.5. The summed E-state index contributed by atoms with van der Waals surface area (Å²) in [5, 5.41) is 6.69. The smallest absolute Gasteiger partial charge is 0.330 e. The third-order valence-corrected chi connectivity index (χ3v) is 3.56. The van der Waals surface area contributed by atoms with Gasteiger partial charge < -0.3 is 10.1 Å². The summed E-state index contributed by atoms with van der Waals surface area (Å²) < 4.78 is 6.24. The van der Waals surface area contributed by atoms with Crippen molar-refractivity contribution in [3.05, 3.63) is 61.2 Å². The predicted octanol–water partition coefficient (Wildman–Crippen LogP) is 1.30. The monoisotopic (exact) mass is 328 g/mol. The fourth-order valence-electron chi connectivity index (χ4n) is 2.35. The lowest BCUT2D eigenvalue weighted by Gasteiger charge is -2.21. The van der Waals surface area contributed by atoms with Crippen LogP contribution < -0.4 is 5.32 Å². The van der Waals surface area contributed by atoms with Crippen molar-refractivity contribution in [1.29, 1.82) is 0 Å². The van der Waals surface area contributed by atoms with Gasteiger partial charge >= 0.3 is 5.97 Å². The molecule has 0 aliphatic heterocycles. The molecule has 7 heteroatoms. The summed E-state index contributed by atoms with van der Waals surface area (Å²) in [6.45, 7) is 3.85. The van der Waals surface area contributed by atoms with Crippen LogP contribution in [0.3, 0.4) is 0 Å². The highest BCUT2D eigenvalue weighted by molar-refractivity contribution is 5.88. The van der Waals surface area contributed by atoms with Crippen LogP contribution >= 0.6 is 0 Å². The first kappa shape index (κ1) is 17.4. The molecule has 0 fully saturated rings. The minimum atomic E-state index is -0.847. The van der Waals surface area contributed by atoms with Crippen LogP contribution in [0.2, 0.25) is 0 Å². The number of amides is 1. The third kappa shape index (κ3) is 4.52. The Morgan fingerprint density at radius 1 is 1.38 bits per heavy atom. The molecule has 0 bridgehead atoms. The number of esters is 1. The lowest BCUT2D eigenvalue weighted by Crippen LogP contribution is -2.46. The molecular formula is C17H20N4O3. The molecule has 0 aliphatic carbocycles. The highest BCUT2D eigenvalue weighted by atomic mass is 16.5. The summed E-state index contributed by atoms with van der Waals surface area (Å²) >= 11 is 0. The first-order chi connectivity index (χ1) is 11.7. The third-order valence-electron chi connectivity index (χ3n) is 3.56. The van der Waals surface area contributed by atoms with E-state index in [9.17, 15) is 9.59 Å². The van der Waals surface area contributed by atoms with Crippen molar-refractivity contribution in [2.24, 2.45) is 0 Å². The van der Waals surface area contributed by atoms with Gasteiger partial charge in [-0.05, 0) is 12.0 Å². The van der Waals surface area contributed by atoms with Crippen molar-refractivity contribution in [2.45, 2.75) is 24.9 Å². The molecule has 1 heterocycles. The Hall–Kier alpha value is -2.96. The molecular weight excluding hydrogens is 308 g/mol. The zero-order valence-electron chi connectivity index (χ0n) is 13.5. The number of nitrogens with zero attached hydrogens (tertiary/aromatic N) is 3. The van der Waals surface area contributed by atoms with E-state index in [4.69, 9.17) is 4.74 Å². The van der Waals surface area contributed by atoms with Crippen molar-refractivity contribution in [3.8, 4) is 0 Å². The van der Waals surface area contributed by atoms with Gasteiger partial charge in [0.2, 0.25) is 5.91 Å². The van der Waals surface area contributed by atoms with E-state index < -0.39 is 17.9 Å². The maximum Gasteiger partial charge on any atom is 0.330 e. The number of benzene rings is 1. The van der Waals surface area contributed by atoms with Gasteiger partial charge in [0.05, 0.1) is 19.6 Å². The average Bonchev–Trinajstić information content (AvgIpc) is 3.12. The van der Waals surface area contributed by atoms with Crippen LogP contribution in [-0.2, 0) is 20.9 Å². The number of allylic oxidation sites excluding steroid dienone is 1. The molecule has 0 aliphatic rings. The highest BCUT2D eigenvalue weighted by Gasteiger charge is 2.27. The van der Waals surface area contributed by atoms with Gasteiger partial charge in [-0.1, -0.05) is 36.4 Å². The van der Waals surface area contributed by atoms with E-state index in [1.807, 2.05) is 30.3 Å². The number of hydrogen-bond acceptors (Lipinski definition) is 5. The van der Waals surface area contributed by atoms with Crippen LogP contribution in [0.4, 0.5) is 0 Å². The molecule has 2 atom stereocenters. The number of nitrogens with one attached hydrogen (secondary N) is 1. The number of rotatable bonds is 8. The zero-order valence-corrected chi connectivity index (χ0v) is 13.5. The zero-order chi connectivity index (χ0) is 17.4. The van der Waals surface area contributed by atoms with E-state index >= 15 is 0 Å². The minimum Gasteiger partial charge on any atom is -0.467 e. The SMILES string of the molecule is C=CCC(C(=O)NC(Cn1cncn1)C(=O)OC)c1ccccc1. The molecule has 0 radical (unpaired) electrons. The molecule has 7 nitrogen and oxygen atoms in total. The summed E-state index contributed by atoms with van der Waals surface area (Å²) in [5.74, 6) is -1.23. The van der Waals surface area contributed by atoms with Crippen LogP contribution in [0.25, 0.3) is 0 Å². The Kier molecular flexibility index (Phi) is 6.24. The fourth-order valence-corrected chi connectivity index (χ4v) is 2.35. The van der Waals surface area contributed by atoms with E-state index in [0.717, 1.165) is 5.56 Å².